The van der Waals surface area contributed by atoms with Crippen LogP contribution >= 0.6 is 11.8 Å². The van der Waals surface area contributed by atoms with Crippen LogP contribution < -0.4 is 14.4 Å². The molecule has 0 aliphatic heterocycles. The lowest BCUT2D eigenvalue weighted by atomic mass is 10.1. The van der Waals surface area contributed by atoms with Gasteiger partial charge in [-0.25, -0.2) is 8.42 Å². The fourth-order valence-electron chi connectivity index (χ4n) is 4.32. The highest BCUT2D eigenvalue weighted by Gasteiger charge is 2.34. The van der Waals surface area contributed by atoms with Crippen molar-refractivity contribution in [3.05, 3.63) is 84.4 Å². The predicted molar refractivity (Wildman–Crippen MR) is 160 cm³/mol. The predicted octanol–water partition coefficient (Wildman–Crippen LogP) is 4.95. The summed E-state index contributed by atoms with van der Waals surface area (Å²) < 4.78 is 35.0. The molecule has 8 nitrogen and oxygen atoms in total. The Hall–Kier alpha value is -3.50. The number of anilines is 1. The third-order valence-electron chi connectivity index (χ3n) is 6.29. The van der Waals surface area contributed by atoms with E-state index in [-0.39, 0.29) is 23.0 Å². The maximum absolute atomic E-state index is 14.1. The highest BCUT2D eigenvalue weighted by Crippen LogP contribution is 2.33. The summed E-state index contributed by atoms with van der Waals surface area (Å²) in [5.41, 5.74) is 1.08. The first-order valence-electron chi connectivity index (χ1n) is 13.3. The van der Waals surface area contributed by atoms with E-state index >= 15 is 0 Å². The molecular weight excluding hydrogens is 546 g/mol. The molecule has 0 saturated carbocycles. The lowest BCUT2D eigenvalue weighted by Crippen LogP contribution is -2.52. The quantitative estimate of drug-likeness (QED) is 0.270. The zero-order valence-corrected chi connectivity index (χ0v) is 25.0. The molecule has 0 saturated heterocycles. The van der Waals surface area contributed by atoms with Crippen molar-refractivity contribution in [1.82, 2.24) is 10.2 Å². The van der Waals surface area contributed by atoms with Crippen molar-refractivity contribution in [3.8, 4) is 5.75 Å². The molecule has 0 unspecified atom stereocenters. The maximum Gasteiger partial charge on any atom is 0.264 e. The second kappa shape index (κ2) is 14.8. The van der Waals surface area contributed by atoms with Gasteiger partial charge in [0, 0.05) is 18.0 Å². The van der Waals surface area contributed by atoms with Crippen LogP contribution in [0, 0.1) is 0 Å². The van der Waals surface area contributed by atoms with Gasteiger partial charge in [-0.15, -0.1) is 11.8 Å². The first kappa shape index (κ1) is 31.0. The van der Waals surface area contributed by atoms with Crippen molar-refractivity contribution in [2.45, 2.75) is 49.6 Å². The van der Waals surface area contributed by atoms with Gasteiger partial charge in [0.15, 0.2) is 0 Å². The van der Waals surface area contributed by atoms with E-state index in [0.29, 0.717) is 25.3 Å². The van der Waals surface area contributed by atoms with Gasteiger partial charge in [0.05, 0.1) is 17.2 Å². The molecule has 0 fully saturated rings. The standard InChI is InChI=1S/C30H37N3O5S2/c1-5-26(30(35)31-6-2)32(21-23-13-9-8-10-14-23)29(34)22-33(27-15-11-12-16-28(27)38-7-3)40(36,37)25-19-17-24(39-4)18-20-25/h8-20,26H,5-7,21-22H2,1-4H3,(H,31,35)/t26-/m1/s1. The minimum absolute atomic E-state index is 0.0507. The number of likely N-dealkylation sites (N-methyl/N-ethyl adjacent to an activating group) is 1. The summed E-state index contributed by atoms with van der Waals surface area (Å²) in [5.74, 6) is -0.448. The molecule has 1 N–H and O–H groups in total. The highest BCUT2D eigenvalue weighted by molar-refractivity contribution is 7.98. The summed E-state index contributed by atoms with van der Waals surface area (Å²) in [4.78, 5) is 29.5. The number of rotatable bonds is 14. The van der Waals surface area contributed by atoms with Gasteiger partial charge in [-0.1, -0.05) is 49.4 Å². The smallest absolute Gasteiger partial charge is 0.264 e. The number of para-hydroxylation sites is 2. The van der Waals surface area contributed by atoms with Gasteiger partial charge >= 0.3 is 0 Å². The Morgan fingerprint density at radius 3 is 2.17 bits per heavy atom. The minimum Gasteiger partial charge on any atom is -0.492 e. The van der Waals surface area contributed by atoms with Gasteiger partial charge in [-0.05, 0) is 68.5 Å². The Morgan fingerprint density at radius 2 is 1.57 bits per heavy atom. The topological polar surface area (TPSA) is 96.0 Å². The molecule has 10 heteroatoms. The molecule has 0 aliphatic rings. The van der Waals surface area contributed by atoms with E-state index < -0.39 is 28.5 Å². The number of thioether (sulfide) groups is 1. The van der Waals surface area contributed by atoms with Crippen LogP contribution in [0.4, 0.5) is 5.69 Å². The van der Waals surface area contributed by atoms with E-state index in [1.807, 2.05) is 57.4 Å². The molecule has 0 aromatic heterocycles. The third-order valence-corrected chi connectivity index (χ3v) is 8.81. The van der Waals surface area contributed by atoms with Crippen molar-refractivity contribution < 1.29 is 22.7 Å². The van der Waals surface area contributed by atoms with Crippen molar-refractivity contribution in [2.24, 2.45) is 0 Å². The molecule has 0 spiro atoms. The molecule has 3 rings (SSSR count). The minimum atomic E-state index is -4.19. The maximum atomic E-state index is 14.1. The Bertz CT molecular complexity index is 1370. The van der Waals surface area contributed by atoms with Crippen LogP contribution in [-0.4, -0.2) is 57.1 Å². The Morgan fingerprint density at radius 1 is 0.925 bits per heavy atom. The number of nitrogens with one attached hydrogen (secondary N) is 1. The molecule has 0 radical (unpaired) electrons. The van der Waals surface area contributed by atoms with Crippen LogP contribution in [0.3, 0.4) is 0 Å². The van der Waals surface area contributed by atoms with Crippen LogP contribution in [0.25, 0.3) is 0 Å². The lowest BCUT2D eigenvalue weighted by Gasteiger charge is -2.33. The number of benzene rings is 3. The van der Waals surface area contributed by atoms with E-state index in [1.54, 1.807) is 36.4 Å². The molecule has 3 aromatic carbocycles. The average Bonchev–Trinajstić information content (AvgIpc) is 2.97. The number of carbonyl (C=O) groups excluding carboxylic acids is 2. The second-order valence-electron chi connectivity index (χ2n) is 8.91. The van der Waals surface area contributed by atoms with Crippen molar-refractivity contribution in [1.29, 1.82) is 0 Å². The molecule has 0 aliphatic carbocycles. The molecule has 2 amide bonds. The number of sulfonamides is 1. The fraction of sp³-hybridized carbons (Fsp3) is 0.333. The van der Waals surface area contributed by atoms with Gasteiger partial charge < -0.3 is 15.0 Å². The Kier molecular flexibility index (Phi) is 11.5. The molecule has 1 atom stereocenters. The van der Waals surface area contributed by atoms with Crippen LogP contribution in [0.15, 0.2) is 88.7 Å². The second-order valence-corrected chi connectivity index (χ2v) is 11.7. The normalized spacial score (nSPS) is 11.9. The van der Waals surface area contributed by atoms with Crippen LogP contribution in [0.2, 0.25) is 0 Å². The number of amides is 2. The highest BCUT2D eigenvalue weighted by atomic mass is 32.2. The Labute approximate surface area is 241 Å². The average molecular weight is 584 g/mol. The summed E-state index contributed by atoms with van der Waals surface area (Å²) in [7, 11) is -4.19. The number of nitrogens with zero attached hydrogens (tertiary/aromatic N) is 2. The van der Waals surface area contributed by atoms with Crippen LogP contribution in [0.1, 0.15) is 32.8 Å². The van der Waals surface area contributed by atoms with Gasteiger partial charge in [-0.2, -0.15) is 0 Å². The lowest BCUT2D eigenvalue weighted by molar-refractivity contribution is -0.140. The van der Waals surface area contributed by atoms with E-state index in [4.69, 9.17) is 4.74 Å². The third kappa shape index (κ3) is 7.57. The number of hydrogen-bond donors (Lipinski definition) is 1. The summed E-state index contributed by atoms with van der Waals surface area (Å²) in [6.45, 7) is 5.82. The molecule has 214 valence electrons. The summed E-state index contributed by atoms with van der Waals surface area (Å²) in [6, 6.07) is 21.8. The summed E-state index contributed by atoms with van der Waals surface area (Å²) >= 11 is 1.50. The van der Waals surface area contributed by atoms with E-state index in [9.17, 15) is 18.0 Å². The van der Waals surface area contributed by atoms with Gasteiger partial charge in [0.1, 0.15) is 18.3 Å². The van der Waals surface area contributed by atoms with Crippen molar-refractivity contribution >= 4 is 39.3 Å². The largest absolute Gasteiger partial charge is 0.492 e. The van der Waals surface area contributed by atoms with Crippen LogP contribution in [0.5, 0.6) is 5.75 Å². The monoisotopic (exact) mass is 583 g/mol. The number of carbonyl (C=O) groups is 2. The van der Waals surface area contributed by atoms with Crippen LogP contribution in [-0.2, 0) is 26.2 Å². The zero-order valence-electron chi connectivity index (χ0n) is 23.4. The molecule has 40 heavy (non-hydrogen) atoms. The molecular formula is C30H37N3O5S2. The number of ether oxygens (including phenoxy) is 1. The fourth-order valence-corrected chi connectivity index (χ4v) is 6.15. The van der Waals surface area contributed by atoms with Gasteiger partial charge in [0.2, 0.25) is 11.8 Å². The van der Waals surface area contributed by atoms with Crippen molar-refractivity contribution in [3.63, 3.8) is 0 Å². The molecule has 3 aromatic rings. The van der Waals surface area contributed by atoms with E-state index in [1.165, 1.54) is 28.8 Å². The first-order chi connectivity index (χ1) is 19.3. The summed E-state index contributed by atoms with van der Waals surface area (Å²) in [5, 5.41) is 2.81. The van der Waals surface area contributed by atoms with Gasteiger partial charge in [0.25, 0.3) is 10.0 Å². The molecule has 0 heterocycles. The number of hydrogen-bond acceptors (Lipinski definition) is 6. The zero-order chi connectivity index (χ0) is 29.1. The molecule has 0 bridgehead atoms. The van der Waals surface area contributed by atoms with Gasteiger partial charge in [-0.3, -0.25) is 13.9 Å². The van der Waals surface area contributed by atoms with E-state index in [2.05, 4.69) is 5.32 Å². The Balaban J connectivity index is 2.10. The first-order valence-corrected chi connectivity index (χ1v) is 15.9. The van der Waals surface area contributed by atoms with E-state index in [0.717, 1.165) is 14.8 Å². The summed E-state index contributed by atoms with van der Waals surface area (Å²) in [6.07, 6.45) is 2.27. The SMILES string of the molecule is CCNC(=O)[C@@H](CC)N(Cc1ccccc1)C(=O)CN(c1ccccc1OCC)S(=O)(=O)c1ccc(SC)cc1. The van der Waals surface area contributed by atoms with Crippen molar-refractivity contribution in [2.75, 3.05) is 30.3 Å².